The van der Waals surface area contributed by atoms with E-state index < -0.39 is 11.2 Å². The summed E-state index contributed by atoms with van der Waals surface area (Å²) in [7, 11) is 0. The van der Waals surface area contributed by atoms with E-state index in [0.717, 1.165) is 44.9 Å². The molecule has 2 aliphatic carbocycles. The average Bonchev–Trinajstić information content (AvgIpc) is 2.60. The molecule has 0 aromatic rings. The SMILES string of the molecule is CC1(C)CCC(O)(CNC2CCCC2(C)O)CC1. The molecule has 0 aliphatic heterocycles. The van der Waals surface area contributed by atoms with Crippen LogP contribution in [0.25, 0.3) is 0 Å². The van der Waals surface area contributed by atoms with Crippen LogP contribution in [-0.4, -0.2) is 34.0 Å². The summed E-state index contributed by atoms with van der Waals surface area (Å²) in [6.45, 7) is 7.10. The minimum Gasteiger partial charge on any atom is -0.389 e. The highest BCUT2D eigenvalue weighted by atomic mass is 16.3. The Balaban J connectivity index is 1.83. The number of rotatable bonds is 3. The van der Waals surface area contributed by atoms with E-state index in [4.69, 9.17) is 0 Å². The van der Waals surface area contributed by atoms with Gasteiger partial charge in [-0.1, -0.05) is 13.8 Å². The third kappa shape index (κ3) is 3.25. The van der Waals surface area contributed by atoms with Crippen molar-refractivity contribution < 1.29 is 10.2 Å². The van der Waals surface area contributed by atoms with Gasteiger partial charge in [0.2, 0.25) is 0 Å². The molecule has 0 aromatic heterocycles. The molecule has 0 saturated heterocycles. The second-order valence-corrected chi connectivity index (χ2v) is 7.57. The van der Waals surface area contributed by atoms with Gasteiger partial charge in [-0.3, -0.25) is 0 Å². The van der Waals surface area contributed by atoms with Crippen LogP contribution in [0.2, 0.25) is 0 Å². The van der Waals surface area contributed by atoms with Crippen molar-refractivity contribution in [2.45, 2.75) is 83.0 Å². The Labute approximate surface area is 111 Å². The predicted molar refractivity (Wildman–Crippen MR) is 73.5 cm³/mol. The van der Waals surface area contributed by atoms with Crippen molar-refractivity contribution in [3.63, 3.8) is 0 Å². The normalized spacial score (nSPS) is 38.8. The lowest BCUT2D eigenvalue weighted by molar-refractivity contribution is -0.0344. The van der Waals surface area contributed by atoms with Crippen molar-refractivity contribution >= 4 is 0 Å². The topological polar surface area (TPSA) is 52.5 Å². The first-order chi connectivity index (χ1) is 8.23. The molecule has 2 saturated carbocycles. The van der Waals surface area contributed by atoms with Crippen molar-refractivity contribution in [2.24, 2.45) is 5.41 Å². The van der Waals surface area contributed by atoms with E-state index in [1.165, 1.54) is 0 Å². The minimum atomic E-state index is -0.593. The van der Waals surface area contributed by atoms with Crippen molar-refractivity contribution in [3.05, 3.63) is 0 Å². The summed E-state index contributed by atoms with van der Waals surface area (Å²) in [5.74, 6) is 0. The van der Waals surface area contributed by atoms with Crippen molar-refractivity contribution in [1.82, 2.24) is 5.32 Å². The zero-order valence-corrected chi connectivity index (χ0v) is 12.1. The highest BCUT2D eigenvalue weighted by Gasteiger charge is 2.40. The molecule has 18 heavy (non-hydrogen) atoms. The van der Waals surface area contributed by atoms with Crippen LogP contribution >= 0.6 is 0 Å². The Morgan fingerprint density at radius 1 is 1.00 bits per heavy atom. The molecule has 0 spiro atoms. The van der Waals surface area contributed by atoms with Crippen LogP contribution in [0.5, 0.6) is 0 Å². The van der Waals surface area contributed by atoms with E-state index in [9.17, 15) is 10.2 Å². The lowest BCUT2D eigenvalue weighted by Gasteiger charge is -2.41. The molecule has 3 N–H and O–H groups in total. The monoisotopic (exact) mass is 255 g/mol. The number of hydrogen-bond donors (Lipinski definition) is 3. The van der Waals surface area contributed by atoms with Crippen LogP contribution < -0.4 is 5.32 Å². The summed E-state index contributed by atoms with van der Waals surface area (Å²) in [6.07, 6.45) is 6.91. The lowest BCUT2D eigenvalue weighted by Crippen LogP contribution is -2.52. The van der Waals surface area contributed by atoms with Crippen LogP contribution in [0, 0.1) is 5.41 Å². The van der Waals surface area contributed by atoms with Gasteiger partial charge in [0.25, 0.3) is 0 Å². The van der Waals surface area contributed by atoms with Crippen LogP contribution in [0.1, 0.15) is 65.7 Å². The number of hydrogen-bond acceptors (Lipinski definition) is 3. The van der Waals surface area contributed by atoms with Crippen LogP contribution in [0.15, 0.2) is 0 Å². The maximum absolute atomic E-state index is 10.6. The van der Waals surface area contributed by atoms with Gasteiger partial charge in [0.1, 0.15) is 0 Å². The van der Waals surface area contributed by atoms with E-state index in [1.54, 1.807) is 0 Å². The predicted octanol–water partition coefficient (Wildman–Crippen LogP) is 2.21. The molecule has 0 amide bonds. The Bertz CT molecular complexity index is 289. The van der Waals surface area contributed by atoms with Crippen molar-refractivity contribution in [3.8, 4) is 0 Å². The largest absolute Gasteiger partial charge is 0.389 e. The first-order valence-corrected chi connectivity index (χ1v) is 7.41. The lowest BCUT2D eigenvalue weighted by atomic mass is 9.71. The summed E-state index contributed by atoms with van der Waals surface area (Å²) in [4.78, 5) is 0. The van der Waals surface area contributed by atoms with E-state index in [2.05, 4.69) is 19.2 Å². The van der Waals surface area contributed by atoms with Crippen LogP contribution in [0.3, 0.4) is 0 Å². The van der Waals surface area contributed by atoms with Crippen LogP contribution in [-0.2, 0) is 0 Å². The zero-order valence-electron chi connectivity index (χ0n) is 12.1. The second kappa shape index (κ2) is 4.77. The molecule has 3 nitrogen and oxygen atoms in total. The average molecular weight is 255 g/mol. The van der Waals surface area contributed by atoms with Gasteiger partial charge >= 0.3 is 0 Å². The highest BCUT2D eigenvalue weighted by molar-refractivity contribution is 4.97. The first-order valence-electron chi connectivity index (χ1n) is 7.41. The number of nitrogens with one attached hydrogen (secondary N) is 1. The fraction of sp³-hybridized carbons (Fsp3) is 1.00. The summed E-state index contributed by atoms with van der Waals surface area (Å²) in [5, 5.41) is 24.2. The Morgan fingerprint density at radius 2 is 1.61 bits per heavy atom. The van der Waals surface area contributed by atoms with Gasteiger partial charge in [-0.15, -0.1) is 0 Å². The second-order valence-electron chi connectivity index (χ2n) is 7.57. The van der Waals surface area contributed by atoms with E-state index >= 15 is 0 Å². The maximum Gasteiger partial charge on any atom is 0.0772 e. The van der Waals surface area contributed by atoms with Gasteiger partial charge in [-0.25, -0.2) is 0 Å². The molecule has 2 atom stereocenters. The van der Waals surface area contributed by atoms with Crippen LogP contribution in [0.4, 0.5) is 0 Å². The molecule has 0 heterocycles. The Morgan fingerprint density at radius 3 is 2.11 bits per heavy atom. The quantitative estimate of drug-likeness (QED) is 0.725. The fourth-order valence-electron chi connectivity index (χ4n) is 3.35. The molecule has 0 radical (unpaired) electrons. The van der Waals surface area contributed by atoms with Gasteiger partial charge in [0.05, 0.1) is 11.2 Å². The molecule has 106 valence electrons. The third-order valence-corrected chi connectivity index (χ3v) is 5.14. The first kappa shape index (κ1) is 14.3. The molecular weight excluding hydrogens is 226 g/mol. The van der Waals surface area contributed by atoms with E-state index in [0.29, 0.717) is 12.0 Å². The van der Waals surface area contributed by atoms with E-state index in [1.807, 2.05) is 6.92 Å². The van der Waals surface area contributed by atoms with Crippen molar-refractivity contribution in [2.75, 3.05) is 6.54 Å². The van der Waals surface area contributed by atoms with Crippen molar-refractivity contribution in [1.29, 1.82) is 0 Å². The molecule has 3 heteroatoms. The summed E-state index contributed by atoms with van der Waals surface area (Å²) in [6, 6.07) is 0.150. The fourth-order valence-corrected chi connectivity index (χ4v) is 3.35. The van der Waals surface area contributed by atoms with Gasteiger partial charge in [-0.2, -0.15) is 0 Å². The van der Waals surface area contributed by atoms with Gasteiger partial charge in [0, 0.05) is 12.6 Å². The van der Waals surface area contributed by atoms with Gasteiger partial charge in [-0.05, 0) is 57.3 Å². The molecular formula is C15H29NO2. The molecule has 0 bridgehead atoms. The highest BCUT2D eigenvalue weighted by Crippen LogP contribution is 2.40. The summed E-state index contributed by atoms with van der Waals surface area (Å²) >= 11 is 0. The third-order valence-electron chi connectivity index (χ3n) is 5.14. The summed E-state index contributed by atoms with van der Waals surface area (Å²) < 4.78 is 0. The summed E-state index contributed by atoms with van der Waals surface area (Å²) in [5.41, 5.74) is -0.774. The smallest absolute Gasteiger partial charge is 0.0772 e. The molecule has 2 unspecified atom stereocenters. The Kier molecular flexibility index (Phi) is 3.79. The standard InChI is InChI=1S/C15H29NO2/c1-13(2)7-9-15(18,10-8-13)11-16-12-5-4-6-14(12,3)17/h12,16-18H,4-11H2,1-3H3. The molecule has 2 rings (SSSR count). The zero-order chi connectivity index (χ0) is 13.4. The maximum atomic E-state index is 10.6. The van der Waals surface area contributed by atoms with Gasteiger partial charge in [0.15, 0.2) is 0 Å². The van der Waals surface area contributed by atoms with E-state index in [-0.39, 0.29) is 6.04 Å². The molecule has 2 aliphatic rings. The molecule has 2 fully saturated rings. The number of aliphatic hydroxyl groups is 2. The Hall–Kier alpha value is -0.120. The van der Waals surface area contributed by atoms with Gasteiger partial charge < -0.3 is 15.5 Å². The molecule has 0 aromatic carbocycles. The minimum absolute atomic E-state index is 0.150.